The number of anilines is 1. The van der Waals surface area contributed by atoms with Gasteiger partial charge in [0.05, 0.1) is 12.8 Å². The van der Waals surface area contributed by atoms with E-state index in [1.165, 1.54) is 22.6 Å². The number of para-hydroxylation sites is 1. The average Bonchev–Trinajstić information content (AvgIpc) is 3.02. The largest absolute Gasteiger partial charge is 0.467 e. The number of hydrogen-bond acceptors (Lipinski definition) is 6. The standard InChI is InChI=1S/C20H28N2O4S.C2H6/c1-20(2,3)26-19(24)22-13-14(12-16(22)18(23)25-4)21-10-7-11-27-17-9-6-5-8-15(17)21;1-2/h5-6,8-9,14,16H,7,10-13H2,1-4H3;1-2H3. The van der Waals surface area contributed by atoms with Crippen LogP contribution >= 0.6 is 11.8 Å². The Bertz CT molecular complexity index is 704. The first-order valence-electron chi connectivity index (χ1n) is 10.4. The minimum absolute atomic E-state index is 0.0569. The highest BCUT2D eigenvalue weighted by molar-refractivity contribution is 7.99. The van der Waals surface area contributed by atoms with Gasteiger partial charge in [-0.15, -0.1) is 11.8 Å². The number of thioether (sulfide) groups is 1. The molecule has 1 fully saturated rings. The number of likely N-dealkylation sites (tertiary alicyclic amines) is 1. The molecular weight excluding hydrogens is 388 g/mol. The Morgan fingerprint density at radius 2 is 1.86 bits per heavy atom. The van der Waals surface area contributed by atoms with Gasteiger partial charge in [0.25, 0.3) is 0 Å². The molecule has 2 heterocycles. The summed E-state index contributed by atoms with van der Waals surface area (Å²) in [5.74, 6) is 0.678. The molecule has 0 N–H and O–H groups in total. The number of nitrogens with zero attached hydrogens (tertiary/aromatic N) is 2. The lowest BCUT2D eigenvalue weighted by Gasteiger charge is -2.31. The van der Waals surface area contributed by atoms with E-state index in [4.69, 9.17) is 9.47 Å². The summed E-state index contributed by atoms with van der Waals surface area (Å²) in [6, 6.07) is 7.79. The second-order valence-electron chi connectivity index (χ2n) is 7.92. The number of ether oxygens (including phenoxy) is 2. The molecule has 0 aliphatic carbocycles. The number of esters is 1. The first kappa shape index (κ1) is 23.4. The molecule has 2 atom stereocenters. The van der Waals surface area contributed by atoms with Gasteiger partial charge in [-0.1, -0.05) is 26.0 Å². The van der Waals surface area contributed by atoms with Crippen LogP contribution in [0, 0.1) is 0 Å². The molecule has 1 aromatic carbocycles. The van der Waals surface area contributed by atoms with E-state index in [1.807, 2.05) is 58.5 Å². The Morgan fingerprint density at radius 3 is 2.52 bits per heavy atom. The van der Waals surface area contributed by atoms with Gasteiger partial charge in [-0.05, 0) is 45.1 Å². The number of carbonyl (C=O) groups is 2. The van der Waals surface area contributed by atoms with Gasteiger partial charge in [-0.25, -0.2) is 9.59 Å². The molecule has 0 spiro atoms. The maximum atomic E-state index is 12.7. The molecule has 1 saturated heterocycles. The summed E-state index contributed by atoms with van der Waals surface area (Å²) in [6.07, 6.45) is 1.15. The van der Waals surface area contributed by atoms with Gasteiger partial charge in [0, 0.05) is 30.4 Å². The van der Waals surface area contributed by atoms with Crippen molar-refractivity contribution < 1.29 is 19.1 Å². The summed E-state index contributed by atoms with van der Waals surface area (Å²) in [7, 11) is 1.36. The second kappa shape index (κ2) is 10.2. The SMILES string of the molecule is CC.COC(=O)C1CC(N2CCCSc3ccccc32)CN1C(=O)OC(C)(C)C. The normalized spacial score (nSPS) is 21.4. The number of rotatable bonds is 2. The third-order valence-corrected chi connectivity index (χ3v) is 5.95. The Kier molecular flexibility index (Phi) is 8.25. The van der Waals surface area contributed by atoms with Crippen LogP contribution in [0.5, 0.6) is 0 Å². The number of fused-ring (bicyclic) bond motifs is 1. The van der Waals surface area contributed by atoms with Crippen molar-refractivity contribution in [2.24, 2.45) is 0 Å². The van der Waals surface area contributed by atoms with E-state index in [0.717, 1.165) is 18.7 Å². The molecule has 0 radical (unpaired) electrons. The molecule has 1 aromatic rings. The van der Waals surface area contributed by atoms with Crippen LogP contribution in [0.4, 0.5) is 10.5 Å². The van der Waals surface area contributed by atoms with Crippen molar-refractivity contribution >= 4 is 29.5 Å². The van der Waals surface area contributed by atoms with E-state index in [0.29, 0.717) is 13.0 Å². The lowest BCUT2D eigenvalue weighted by atomic mass is 10.1. The predicted molar refractivity (Wildman–Crippen MR) is 118 cm³/mol. The van der Waals surface area contributed by atoms with Crippen LogP contribution < -0.4 is 4.90 Å². The van der Waals surface area contributed by atoms with Gasteiger partial charge in [0.2, 0.25) is 0 Å². The second-order valence-corrected chi connectivity index (χ2v) is 9.06. The molecule has 0 saturated carbocycles. The molecule has 2 aliphatic heterocycles. The van der Waals surface area contributed by atoms with E-state index in [-0.39, 0.29) is 12.0 Å². The van der Waals surface area contributed by atoms with E-state index in [1.54, 1.807) is 0 Å². The monoisotopic (exact) mass is 422 g/mol. The summed E-state index contributed by atoms with van der Waals surface area (Å²) in [5, 5.41) is 0. The van der Waals surface area contributed by atoms with Crippen molar-refractivity contribution in [1.29, 1.82) is 0 Å². The van der Waals surface area contributed by atoms with Crippen LogP contribution in [0.15, 0.2) is 29.2 Å². The minimum Gasteiger partial charge on any atom is -0.467 e. The zero-order chi connectivity index (χ0) is 21.6. The predicted octanol–water partition coefficient (Wildman–Crippen LogP) is 4.57. The van der Waals surface area contributed by atoms with E-state index in [9.17, 15) is 9.59 Å². The van der Waals surface area contributed by atoms with Crippen molar-refractivity contribution in [3.63, 3.8) is 0 Å². The number of hydrogen-bond donors (Lipinski definition) is 0. The number of methoxy groups -OCH3 is 1. The van der Waals surface area contributed by atoms with Crippen LogP contribution in [-0.4, -0.2) is 60.6 Å². The summed E-state index contributed by atoms with van der Waals surface area (Å²) >= 11 is 1.86. The van der Waals surface area contributed by atoms with Crippen molar-refractivity contribution in [3.05, 3.63) is 24.3 Å². The zero-order valence-corrected chi connectivity index (χ0v) is 19.3. The fourth-order valence-corrected chi connectivity index (χ4v) is 4.66. The maximum absolute atomic E-state index is 12.7. The molecule has 3 rings (SSSR count). The van der Waals surface area contributed by atoms with Gasteiger partial charge in [-0.3, -0.25) is 4.90 Å². The van der Waals surface area contributed by atoms with E-state index < -0.39 is 17.7 Å². The highest BCUT2D eigenvalue weighted by Crippen LogP contribution is 2.37. The number of benzene rings is 1. The van der Waals surface area contributed by atoms with Crippen LogP contribution in [-0.2, 0) is 14.3 Å². The van der Waals surface area contributed by atoms with Crippen LogP contribution in [0.25, 0.3) is 0 Å². The van der Waals surface area contributed by atoms with Crippen molar-refractivity contribution in [2.75, 3.05) is 30.9 Å². The average molecular weight is 423 g/mol. The lowest BCUT2D eigenvalue weighted by Crippen LogP contribution is -2.44. The summed E-state index contributed by atoms with van der Waals surface area (Å²) in [4.78, 5) is 30.2. The highest BCUT2D eigenvalue weighted by atomic mass is 32.2. The Morgan fingerprint density at radius 1 is 1.17 bits per heavy atom. The maximum Gasteiger partial charge on any atom is 0.411 e. The first-order chi connectivity index (χ1) is 13.8. The highest BCUT2D eigenvalue weighted by Gasteiger charge is 2.44. The van der Waals surface area contributed by atoms with E-state index >= 15 is 0 Å². The number of amides is 1. The van der Waals surface area contributed by atoms with Gasteiger partial charge < -0.3 is 14.4 Å². The zero-order valence-electron chi connectivity index (χ0n) is 18.4. The Balaban J connectivity index is 0.00000145. The first-order valence-corrected chi connectivity index (χ1v) is 11.3. The third kappa shape index (κ3) is 5.81. The molecule has 7 heteroatoms. The third-order valence-electron chi connectivity index (χ3n) is 4.80. The summed E-state index contributed by atoms with van der Waals surface area (Å²) in [5.41, 5.74) is 0.571. The Labute approximate surface area is 178 Å². The van der Waals surface area contributed by atoms with Crippen molar-refractivity contribution in [1.82, 2.24) is 4.90 Å². The summed E-state index contributed by atoms with van der Waals surface area (Å²) in [6.45, 7) is 10.8. The molecule has 6 nitrogen and oxygen atoms in total. The summed E-state index contributed by atoms with van der Waals surface area (Å²) < 4.78 is 10.5. The van der Waals surface area contributed by atoms with Crippen LogP contribution in [0.3, 0.4) is 0 Å². The van der Waals surface area contributed by atoms with Gasteiger partial charge in [0.15, 0.2) is 0 Å². The Hall–Kier alpha value is -1.89. The van der Waals surface area contributed by atoms with Gasteiger partial charge in [0.1, 0.15) is 11.6 Å². The van der Waals surface area contributed by atoms with Crippen LogP contribution in [0.2, 0.25) is 0 Å². The molecule has 162 valence electrons. The molecule has 0 aromatic heterocycles. The fourth-order valence-electron chi connectivity index (χ4n) is 3.65. The number of carbonyl (C=O) groups excluding carboxylic acids is 2. The molecule has 29 heavy (non-hydrogen) atoms. The quantitative estimate of drug-likeness (QED) is 0.651. The van der Waals surface area contributed by atoms with Gasteiger partial charge in [-0.2, -0.15) is 0 Å². The fraction of sp³-hybridized carbons (Fsp3) is 0.636. The van der Waals surface area contributed by atoms with E-state index in [2.05, 4.69) is 17.0 Å². The molecular formula is C22H34N2O4S. The van der Waals surface area contributed by atoms with Crippen LogP contribution in [0.1, 0.15) is 47.5 Å². The lowest BCUT2D eigenvalue weighted by molar-refractivity contribution is -0.145. The molecule has 2 aliphatic rings. The molecule has 0 bridgehead atoms. The molecule has 2 unspecified atom stereocenters. The van der Waals surface area contributed by atoms with Crippen molar-refractivity contribution in [3.8, 4) is 0 Å². The smallest absolute Gasteiger partial charge is 0.411 e. The van der Waals surface area contributed by atoms with Crippen molar-refractivity contribution in [2.45, 2.75) is 70.0 Å². The minimum atomic E-state index is -0.613. The van der Waals surface area contributed by atoms with Gasteiger partial charge >= 0.3 is 12.1 Å². The topological polar surface area (TPSA) is 59.1 Å². The molecule has 1 amide bonds.